The highest BCUT2D eigenvalue weighted by molar-refractivity contribution is 7.90. The first-order valence-electron chi connectivity index (χ1n) is 18.4. The topological polar surface area (TPSA) is 186 Å². The van der Waals surface area contributed by atoms with Crippen LogP contribution < -0.4 is 15.0 Å². The molecule has 0 saturated carbocycles. The second-order valence-corrected chi connectivity index (χ2v) is 15.8. The average molecular weight is 822 g/mol. The summed E-state index contributed by atoms with van der Waals surface area (Å²) in [4.78, 5) is 36.4. The highest BCUT2D eigenvalue weighted by Crippen LogP contribution is 2.40. The molecule has 3 aromatic carbocycles. The van der Waals surface area contributed by atoms with E-state index in [1.54, 1.807) is 57.2 Å². The van der Waals surface area contributed by atoms with Gasteiger partial charge in [0.1, 0.15) is 41.6 Å². The van der Waals surface area contributed by atoms with Crippen molar-refractivity contribution in [3.8, 4) is 28.4 Å². The molecule has 0 N–H and O–H groups in total. The molecule has 0 aliphatic heterocycles. The number of aryl methyl sites for hydroxylation is 2. The van der Waals surface area contributed by atoms with Crippen LogP contribution in [0, 0.1) is 17.0 Å². The van der Waals surface area contributed by atoms with Crippen LogP contribution in [0.25, 0.3) is 22.0 Å². The summed E-state index contributed by atoms with van der Waals surface area (Å²) in [5.41, 5.74) is -0.00180. The molecule has 0 amide bonds. The molecular weight excluding hydrogens is 775 g/mol. The predicted octanol–water partition coefficient (Wildman–Crippen LogP) is 6.04. The zero-order chi connectivity index (χ0) is 41.9. The zero-order valence-corrected chi connectivity index (χ0v) is 33.8. The first-order valence-corrected chi connectivity index (χ1v) is 19.8. The summed E-state index contributed by atoms with van der Waals surface area (Å²) in [5.74, 6) is 0.637. The van der Waals surface area contributed by atoms with Gasteiger partial charge in [-0.1, -0.05) is 23.8 Å². The first-order chi connectivity index (χ1) is 27.6. The van der Waals surface area contributed by atoms with Gasteiger partial charge in [-0.3, -0.25) is 14.9 Å². The number of hydrogen-bond donors (Lipinski definition) is 0. The number of hydrogen-bond acceptors (Lipinski definition) is 13. The molecule has 0 bridgehead atoms. The number of nitro groups is 1. The van der Waals surface area contributed by atoms with E-state index in [1.807, 2.05) is 6.92 Å². The number of pyridine rings is 1. The van der Waals surface area contributed by atoms with Gasteiger partial charge >= 0.3 is 5.97 Å². The van der Waals surface area contributed by atoms with Crippen molar-refractivity contribution in [1.82, 2.24) is 8.54 Å². The summed E-state index contributed by atoms with van der Waals surface area (Å²) < 4.78 is 68.6. The van der Waals surface area contributed by atoms with Gasteiger partial charge in [-0.15, -0.1) is 0 Å². The summed E-state index contributed by atoms with van der Waals surface area (Å²) in [6.45, 7) is 9.60. The number of fused-ring (bicyclic) bond motifs is 1. The van der Waals surface area contributed by atoms with Crippen molar-refractivity contribution in [3.63, 3.8) is 0 Å². The number of nitro benzene ring substituents is 1. The maximum Gasteiger partial charge on any atom is 0.332 e. The molecule has 16 nitrogen and oxygen atoms in total. The van der Waals surface area contributed by atoms with Crippen LogP contribution in [0.15, 0.2) is 94.9 Å². The number of carbonyl (C=O) groups excluding carboxylic acids is 1. The van der Waals surface area contributed by atoms with E-state index in [0.717, 1.165) is 9.54 Å². The van der Waals surface area contributed by atoms with Crippen molar-refractivity contribution in [3.05, 3.63) is 111 Å². The largest absolute Gasteiger partial charge is 0.491 e. The van der Waals surface area contributed by atoms with Crippen LogP contribution in [0.1, 0.15) is 26.3 Å². The Morgan fingerprint density at radius 1 is 0.793 bits per heavy atom. The third-order valence-electron chi connectivity index (χ3n) is 8.32. The highest BCUT2D eigenvalue weighted by Gasteiger charge is 2.25. The number of benzene rings is 3. The van der Waals surface area contributed by atoms with E-state index in [-0.39, 0.29) is 59.2 Å². The van der Waals surface area contributed by atoms with Crippen molar-refractivity contribution in [1.29, 1.82) is 0 Å². The van der Waals surface area contributed by atoms with E-state index >= 15 is 0 Å². The molecule has 0 atom stereocenters. The van der Waals surface area contributed by atoms with Gasteiger partial charge < -0.3 is 37.7 Å². The molecule has 0 spiro atoms. The number of non-ortho nitro benzene ring substituents is 1. The van der Waals surface area contributed by atoms with E-state index in [1.165, 1.54) is 60.4 Å². The van der Waals surface area contributed by atoms with Crippen LogP contribution in [0.3, 0.4) is 0 Å². The van der Waals surface area contributed by atoms with Gasteiger partial charge in [0.25, 0.3) is 21.3 Å². The maximum atomic E-state index is 13.7. The van der Waals surface area contributed by atoms with Gasteiger partial charge in [0, 0.05) is 54.2 Å². The summed E-state index contributed by atoms with van der Waals surface area (Å²) in [6, 6.07) is 18.6. The van der Waals surface area contributed by atoms with E-state index < -0.39 is 32.1 Å². The zero-order valence-electron chi connectivity index (χ0n) is 33.0. The summed E-state index contributed by atoms with van der Waals surface area (Å²) in [5, 5.41) is 12.1. The monoisotopic (exact) mass is 821 g/mol. The average Bonchev–Trinajstić information content (AvgIpc) is 3.63. The number of carbonyl (C=O) groups is 1. The fourth-order valence-corrected chi connectivity index (χ4v) is 7.00. The van der Waals surface area contributed by atoms with Gasteiger partial charge in [-0.25, -0.2) is 17.2 Å². The van der Waals surface area contributed by atoms with E-state index in [9.17, 15) is 28.1 Å². The van der Waals surface area contributed by atoms with E-state index in [4.69, 9.17) is 33.2 Å². The van der Waals surface area contributed by atoms with Gasteiger partial charge in [0.2, 0.25) is 0 Å². The van der Waals surface area contributed by atoms with Gasteiger partial charge in [0.15, 0.2) is 0 Å². The molecule has 2 aromatic heterocycles. The first kappa shape index (κ1) is 43.5. The van der Waals surface area contributed by atoms with Crippen molar-refractivity contribution in [2.24, 2.45) is 7.05 Å². The minimum Gasteiger partial charge on any atom is -0.491 e. The van der Waals surface area contributed by atoms with E-state index in [0.29, 0.717) is 50.1 Å². The lowest BCUT2D eigenvalue weighted by atomic mass is 10.0. The molecular formula is C41H47N3O13S. The molecule has 0 aliphatic carbocycles. The fourth-order valence-electron chi connectivity index (χ4n) is 5.66. The lowest BCUT2D eigenvalue weighted by Crippen LogP contribution is -2.27. The summed E-state index contributed by atoms with van der Waals surface area (Å²) >= 11 is 0. The van der Waals surface area contributed by atoms with Crippen LogP contribution in [0.5, 0.6) is 17.2 Å². The van der Waals surface area contributed by atoms with Crippen LogP contribution in [-0.4, -0.2) is 92.9 Å². The Morgan fingerprint density at radius 2 is 1.41 bits per heavy atom. The highest BCUT2D eigenvalue weighted by atomic mass is 32.2. The predicted molar refractivity (Wildman–Crippen MR) is 214 cm³/mol. The lowest BCUT2D eigenvalue weighted by molar-refractivity contribution is -0.384. The minimum atomic E-state index is -4.17. The molecule has 0 unspecified atom stereocenters. The van der Waals surface area contributed by atoms with Crippen LogP contribution in [0.2, 0.25) is 0 Å². The van der Waals surface area contributed by atoms with Gasteiger partial charge in [-0.05, 0) is 64.1 Å². The Hall–Kier alpha value is -5.59. The van der Waals surface area contributed by atoms with Crippen LogP contribution in [-0.2, 0) is 45.5 Å². The minimum absolute atomic E-state index is 0.000877. The van der Waals surface area contributed by atoms with Crippen LogP contribution in [0.4, 0.5) is 5.69 Å². The van der Waals surface area contributed by atoms with Crippen molar-refractivity contribution < 1.29 is 51.3 Å². The normalized spacial score (nSPS) is 11.8. The Kier molecular flexibility index (Phi) is 14.8. The molecule has 0 radical (unpaired) electrons. The van der Waals surface area contributed by atoms with Crippen molar-refractivity contribution in [2.45, 2.75) is 38.2 Å². The quantitative estimate of drug-likeness (QED) is 0.0361. The lowest BCUT2D eigenvalue weighted by Gasteiger charge is -2.19. The third-order valence-corrected chi connectivity index (χ3v) is 10.0. The Bertz CT molecular complexity index is 2370. The summed E-state index contributed by atoms with van der Waals surface area (Å²) in [7, 11) is -2.70. The fraction of sp³-hybridized carbons (Fsp3) is 0.366. The Balaban J connectivity index is 1.16. The number of nitrogens with zero attached hydrogens (tertiary/aromatic N) is 3. The molecule has 2 heterocycles. The van der Waals surface area contributed by atoms with Crippen molar-refractivity contribution in [2.75, 3.05) is 59.5 Å². The SMILES string of the molecule is Cc1ccc(S(=O)(=O)n2ccc3c(-c4cc([N+](=O)[O-])ccc4Oc4cccc(OCCOCCOCCOCCOCC(=O)OC(C)(C)C)c4)cn(C)c(=O)c32)cc1. The third kappa shape index (κ3) is 11.7. The van der Waals surface area contributed by atoms with Gasteiger partial charge in [-0.2, -0.15) is 0 Å². The molecule has 0 aliphatic rings. The Labute approximate surface area is 336 Å². The summed E-state index contributed by atoms with van der Waals surface area (Å²) in [6.07, 6.45) is 2.79. The molecule has 58 heavy (non-hydrogen) atoms. The van der Waals surface area contributed by atoms with E-state index in [2.05, 4.69) is 0 Å². The smallest absolute Gasteiger partial charge is 0.332 e. The van der Waals surface area contributed by atoms with Gasteiger partial charge in [0.05, 0.1) is 56.1 Å². The second kappa shape index (κ2) is 19.7. The molecule has 0 fully saturated rings. The molecule has 5 aromatic rings. The molecule has 17 heteroatoms. The molecule has 310 valence electrons. The van der Waals surface area contributed by atoms with Crippen LogP contribution >= 0.6 is 0 Å². The standard InChI is InChI=1S/C41H47N3O13S/c1-29-9-12-33(13-10-29)58(49,50)43-16-15-34-36(27-42(5)40(46)39(34)43)35-25-30(44(47)48)11-14-37(35)56-32-8-6-7-31(26-32)55-24-23-53-20-19-51-17-18-52-21-22-54-28-38(45)57-41(2,3)4/h6-16,25-27H,17-24,28H2,1-5H3. The maximum absolute atomic E-state index is 13.7. The molecule has 0 saturated heterocycles. The van der Waals surface area contributed by atoms with Crippen molar-refractivity contribution >= 4 is 32.6 Å². The number of rotatable bonds is 21. The number of ether oxygens (including phenoxy) is 7. The number of esters is 1. The Morgan fingerprint density at radius 3 is 2.05 bits per heavy atom. The second-order valence-electron chi connectivity index (χ2n) is 14.0. The number of aromatic nitrogens is 2. The molecule has 5 rings (SSSR count).